The van der Waals surface area contributed by atoms with E-state index < -0.39 is 0 Å². The minimum absolute atomic E-state index is 0.545. The van der Waals surface area contributed by atoms with Gasteiger partial charge < -0.3 is 14.8 Å². The number of rotatable bonds is 8. The summed E-state index contributed by atoms with van der Waals surface area (Å²) in [6, 6.07) is 18.0. The molecular weight excluding hydrogens is 298 g/mol. The number of hydrogen-bond donors (Lipinski definition) is 1. The van der Waals surface area contributed by atoms with Crippen LogP contribution < -0.4 is 14.8 Å². The molecule has 3 heteroatoms. The molecule has 24 heavy (non-hydrogen) atoms. The molecule has 0 bridgehead atoms. The van der Waals surface area contributed by atoms with Crippen LogP contribution in [-0.2, 0) is 0 Å². The van der Waals surface area contributed by atoms with Crippen LogP contribution >= 0.6 is 0 Å². The van der Waals surface area contributed by atoms with Crippen molar-refractivity contribution in [3.8, 4) is 11.5 Å². The first-order valence-corrected chi connectivity index (χ1v) is 9.05. The van der Waals surface area contributed by atoms with Gasteiger partial charge in [-0.2, -0.15) is 0 Å². The van der Waals surface area contributed by atoms with Gasteiger partial charge in [0.2, 0.25) is 0 Å². The molecule has 3 rings (SSSR count). The van der Waals surface area contributed by atoms with Gasteiger partial charge in [0.15, 0.2) is 0 Å². The molecule has 0 aliphatic heterocycles. The number of hydrogen-bond acceptors (Lipinski definition) is 3. The van der Waals surface area contributed by atoms with Crippen LogP contribution in [0.2, 0.25) is 0 Å². The van der Waals surface area contributed by atoms with Crippen molar-refractivity contribution >= 4 is 5.69 Å². The van der Waals surface area contributed by atoms with Crippen LogP contribution in [0.25, 0.3) is 0 Å². The van der Waals surface area contributed by atoms with Gasteiger partial charge in [0.25, 0.3) is 0 Å². The highest BCUT2D eigenvalue weighted by Crippen LogP contribution is 2.24. The van der Waals surface area contributed by atoms with E-state index in [0.717, 1.165) is 24.0 Å². The highest BCUT2D eigenvalue weighted by atomic mass is 16.5. The predicted molar refractivity (Wildman–Crippen MR) is 98.9 cm³/mol. The van der Waals surface area contributed by atoms with E-state index >= 15 is 0 Å². The third kappa shape index (κ3) is 5.48. The molecule has 0 heterocycles. The van der Waals surface area contributed by atoms with Crippen LogP contribution in [0.4, 0.5) is 5.69 Å². The van der Waals surface area contributed by atoms with Crippen LogP contribution in [0.3, 0.4) is 0 Å². The fourth-order valence-corrected chi connectivity index (χ4v) is 3.16. The number of para-hydroxylation sites is 1. The van der Waals surface area contributed by atoms with Gasteiger partial charge in [0.1, 0.15) is 24.7 Å². The minimum Gasteiger partial charge on any atom is -0.490 e. The zero-order chi connectivity index (χ0) is 16.5. The van der Waals surface area contributed by atoms with Gasteiger partial charge in [0.05, 0.1) is 0 Å². The molecule has 1 aliphatic rings. The van der Waals surface area contributed by atoms with Gasteiger partial charge in [-0.15, -0.1) is 0 Å². The van der Waals surface area contributed by atoms with Crippen molar-refractivity contribution in [3.05, 3.63) is 54.6 Å². The van der Waals surface area contributed by atoms with E-state index in [0.29, 0.717) is 13.2 Å². The van der Waals surface area contributed by atoms with Gasteiger partial charge in [0, 0.05) is 12.2 Å². The zero-order valence-electron chi connectivity index (χ0n) is 14.2. The number of anilines is 1. The van der Waals surface area contributed by atoms with Crippen molar-refractivity contribution < 1.29 is 9.47 Å². The normalized spacial score (nSPS) is 15.0. The first kappa shape index (κ1) is 16.7. The second-order valence-electron chi connectivity index (χ2n) is 6.42. The van der Waals surface area contributed by atoms with E-state index in [4.69, 9.17) is 9.47 Å². The molecule has 0 unspecified atom stereocenters. The first-order valence-electron chi connectivity index (χ1n) is 9.05. The quantitative estimate of drug-likeness (QED) is 0.682. The Labute approximate surface area is 145 Å². The Hall–Kier alpha value is -2.16. The Bertz CT molecular complexity index is 577. The molecule has 1 N–H and O–H groups in total. The van der Waals surface area contributed by atoms with Crippen LogP contribution in [0.1, 0.15) is 32.1 Å². The molecule has 0 radical (unpaired) electrons. The third-order valence-electron chi connectivity index (χ3n) is 4.54. The standard InChI is InChI=1S/C21H27NO2/c1-3-7-18(8-4-1)17-22-19-11-13-21(14-12-19)24-16-15-23-20-9-5-2-6-10-20/h2,5-6,9-14,18,22H,1,3-4,7-8,15-17H2. The summed E-state index contributed by atoms with van der Waals surface area (Å²) in [5.74, 6) is 2.60. The summed E-state index contributed by atoms with van der Waals surface area (Å²) in [6.07, 6.45) is 6.94. The summed E-state index contributed by atoms with van der Waals surface area (Å²) in [7, 11) is 0. The van der Waals surface area contributed by atoms with E-state index in [1.54, 1.807) is 0 Å². The second-order valence-corrected chi connectivity index (χ2v) is 6.42. The molecule has 0 atom stereocenters. The average molecular weight is 325 g/mol. The molecule has 2 aromatic carbocycles. The van der Waals surface area contributed by atoms with Crippen molar-refractivity contribution in [2.45, 2.75) is 32.1 Å². The van der Waals surface area contributed by atoms with Crippen LogP contribution in [0, 0.1) is 5.92 Å². The molecule has 1 saturated carbocycles. The van der Waals surface area contributed by atoms with Crippen molar-refractivity contribution in [2.24, 2.45) is 5.92 Å². The van der Waals surface area contributed by atoms with Gasteiger partial charge in [-0.1, -0.05) is 37.5 Å². The minimum atomic E-state index is 0.545. The lowest BCUT2D eigenvalue weighted by Crippen LogP contribution is -2.17. The molecule has 3 nitrogen and oxygen atoms in total. The molecule has 0 amide bonds. The number of nitrogens with one attached hydrogen (secondary N) is 1. The summed E-state index contributed by atoms with van der Waals surface area (Å²) >= 11 is 0. The Morgan fingerprint density at radius 1 is 0.750 bits per heavy atom. The maximum Gasteiger partial charge on any atom is 0.122 e. The molecule has 1 fully saturated rings. The Balaban J connectivity index is 1.35. The molecule has 2 aromatic rings. The monoisotopic (exact) mass is 325 g/mol. The number of benzene rings is 2. The van der Waals surface area contributed by atoms with Crippen LogP contribution in [0.15, 0.2) is 54.6 Å². The molecule has 1 aliphatic carbocycles. The first-order chi connectivity index (χ1) is 11.9. The van der Waals surface area contributed by atoms with Gasteiger partial charge in [-0.05, 0) is 55.2 Å². The Kier molecular flexibility index (Phi) is 6.41. The molecule has 0 spiro atoms. The van der Waals surface area contributed by atoms with Gasteiger partial charge in [-0.25, -0.2) is 0 Å². The van der Waals surface area contributed by atoms with E-state index in [1.165, 1.54) is 37.8 Å². The predicted octanol–water partition coefficient (Wildman–Crippen LogP) is 5.14. The lowest BCUT2D eigenvalue weighted by atomic mass is 9.89. The van der Waals surface area contributed by atoms with Crippen molar-refractivity contribution in [1.29, 1.82) is 0 Å². The SMILES string of the molecule is c1ccc(OCCOc2ccc(NCC3CCCCC3)cc2)cc1. The molecule has 128 valence electrons. The third-order valence-corrected chi connectivity index (χ3v) is 4.54. The fourth-order valence-electron chi connectivity index (χ4n) is 3.16. The molecule has 0 saturated heterocycles. The highest BCUT2D eigenvalue weighted by Gasteiger charge is 2.12. The Morgan fingerprint density at radius 3 is 2.04 bits per heavy atom. The summed E-state index contributed by atoms with van der Waals surface area (Å²) in [6.45, 7) is 2.18. The maximum atomic E-state index is 5.72. The van der Waals surface area contributed by atoms with E-state index in [-0.39, 0.29) is 0 Å². The van der Waals surface area contributed by atoms with Crippen LogP contribution in [0.5, 0.6) is 11.5 Å². The number of ether oxygens (including phenoxy) is 2. The summed E-state index contributed by atoms with van der Waals surface area (Å²) in [5, 5.41) is 3.55. The van der Waals surface area contributed by atoms with Crippen LogP contribution in [-0.4, -0.2) is 19.8 Å². The van der Waals surface area contributed by atoms with Crippen molar-refractivity contribution in [2.75, 3.05) is 25.1 Å². The average Bonchev–Trinajstić information content (AvgIpc) is 2.66. The zero-order valence-corrected chi connectivity index (χ0v) is 14.2. The smallest absolute Gasteiger partial charge is 0.122 e. The van der Waals surface area contributed by atoms with Crippen molar-refractivity contribution in [3.63, 3.8) is 0 Å². The molecular formula is C21H27NO2. The van der Waals surface area contributed by atoms with Gasteiger partial charge >= 0.3 is 0 Å². The summed E-state index contributed by atoms with van der Waals surface area (Å²) in [4.78, 5) is 0. The van der Waals surface area contributed by atoms with Crippen molar-refractivity contribution in [1.82, 2.24) is 0 Å². The fraction of sp³-hybridized carbons (Fsp3) is 0.429. The molecule has 0 aromatic heterocycles. The maximum absolute atomic E-state index is 5.72. The second kappa shape index (κ2) is 9.21. The summed E-state index contributed by atoms with van der Waals surface area (Å²) in [5.41, 5.74) is 1.17. The van der Waals surface area contributed by atoms with E-state index in [9.17, 15) is 0 Å². The lowest BCUT2D eigenvalue weighted by molar-refractivity contribution is 0.217. The van der Waals surface area contributed by atoms with E-state index in [1.807, 2.05) is 42.5 Å². The lowest BCUT2D eigenvalue weighted by Gasteiger charge is -2.22. The topological polar surface area (TPSA) is 30.5 Å². The Morgan fingerprint density at radius 2 is 1.38 bits per heavy atom. The largest absolute Gasteiger partial charge is 0.490 e. The summed E-state index contributed by atoms with van der Waals surface area (Å²) < 4.78 is 11.3. The van der Waals surface area contributed by atoms with Gasteiger partial charge in [-0.3, -0.25) is 0 Å². The highest BCUT2D eigenvalue weighted by molar-refractivity contribution is 5.46. The van der Waals surface area contributed by atoms with E-state index in [2.05, 4.69) is 17.4 Å².